The maximum absolute atomic E-state index is 13.1. The molecule has 2 aliphatic heterocycles. The van der Waals surface area contributed by atoms with Gasteiger partial charge in [0.1, 0.15) is 12.2 Å². The molecular weight excluding hydrogens is 513 g/mol. The number of alkyl halides is 3. The number of aromatic nitrogens is 3. The topological polar surface area (TPSA) is 93.0 Å². The molecule has 3 aliphatic rings. The quantitative estimate of drug-likeness (QED) is 0.469. The Morgan fingerprint density at radius 3 is 2.56 bits per heavy atom. The van der Waals surface area contributed by atoms with Crippen LogP contribution in [0.5, 0.6) is 11.6 Å². The Labute approximate surface area is 222 Å². The highest BCUT2D eigenvalue weighted by atomic mass is 19.4. The number of halogens is 3. The second-order valence-corrected chi connectivity index (χ2v) is 9.81. The van der Waals surface area contributed by atoms with Gasteiger partial charge in [-0.15, -0.1) is 0 Å². The van der Waals surface area contributed by atoms with Gasteiger partial charge in [-0.3, -0.25) is 14.8 Å². The highest BCUT2D eigenvalue weighted by molar-refractivity contribution is 6.00. The van der Waals surface area contributed by atoms with E-state index in [1.807, 2.05) is 0 Å². The first-order valence-electron chi connectivity index (χ1n) is 12.5. The van der Waals surface area contributed by atoms with Crippen LogP contribution in [0.3, 0.4) is 0 Å². The fourth-order valence-corrected chi connectivity index (χ4v) is 4.91. The number of carbonyl (C=O) groups is 1. The summed E-state index contributed by atoms with van der Waals surface area (Å²) in [6, 6.07) is 7.07. The lowest BCUT2D eigenvalue weighted by Gasteiger charge is -2.29. The number of hydrogen-bond acceptors (Lipinski definition) is 8. The molecule has 0 radical (unpaired) electrons. The Bertz CT molecular complexity index is 1460. The lowest BCUT2D eigenvalue weighted by molar-refractivity contribution is -0.145. The number of hydrogen-bond donors (Lipinski definition) is 0. The monoisotopic (exact) mass is 538 g/mol. The number of amides is 1. The second kappa shape index (κ2) is 9.51. The highest BCUT2D eigenvalue weighted by Gasteiger charge is 2.44. The highest BCUT2D eigenvalue weighted by Crippen LogP contribution is 2.46. The number of amidine groups is 1. The minimum atomic E-state index is -4.39. The predicted octanol–water partition coefficient (Wildman–Crippen LogP) is 3.97. The van der Waals surface area contributed by atoms with E-state index < -0.39 is 12.2 Å². The number of pyridine rings is 1. The number of anilines is 1. The second-order valence-electron chi connectivity index (χ2n) is 9.81. The zero-order valence-corrected chi connectivity index (χ0v) is 21.3. The van der Waals surface area contributed by atoms with Crippen LogP contribution in [0.15, 0.2) is 47.8 Å². The fourth-order valence-electron chi connectivity index (χ4n) is 4.91. The zero-order chi connectivity index (χ0) is 27.3. The molecule has 0 bridgehead atoms. The van der Waals surface area contributed by atoms with E-state index in [0.29, 0.717) is 40.1 Å². The van der Waals surface area contributed by atoms with Crippen molar-refractivity contribution in [3.8, 4) is 22.9 Å². The molecule has 9 nitrogen and oxygen atoms in total. The van der Waals surface area contributed by atoms with Gasteiger partial charge in [0.25, 0.3) is 5.91 Å². The molecular formula is C27H25F3N6O3. The molecule has 12 heteroatoms. The van der Waals surface area contributed by atoms with E-state index in [4.69, 9.17) is 9.47 Å². The number of carbonyl (C=O) groups excluding carboxylic acids is 1. The van der Waals surface area contributed by atoms with Crippen LogP contribution in [0, 0.1) is 0 Å². The molecule has 3 aromatic rings. The summed E-state index contributed by atoms with van der Waals surface area (Å²) in [7, 11) is 3.14. The maximum atomic E-state index is 13.1. The molecule has 202 valence electrons. The van der Waals surface area contributed by atoms with Gasteiger partial charge < -0.3 is 19.3 Å². The third kappa shape index (κ3) is 4.75. The minimum Gasteiger partial charge on any atom is -0.480 e. The Morgan fingerprint density at radius 1 is 1.13 bits per heavy atom. The number of likely N-dealkylation sites (N-methyl/N-ethyl adjacent to an activating group) is 1. The predicted molar refractivity (Wildman–Crippen MR) is 136 cm³/mol. The van der Waals surface area contributed by atoms with E-state index in [0.717, 1.165) is 24.1 Å². The van der Waals surface area contributed by atoms with Crippen molar-refractivity contribution in [3.05, 3.63) is 59.7 Å². The number of aliphatic imine (C=N–C) groups is 1. The molecule has 0 spiro atoms. The lowest BCUT2D eigenvalue weighted by atomic mass is 10.1. The molecule has 1 fully saturated rings. The number of ether oxygens (including phenoxy) is 2. The van der Waals surface area contributed by atoms with E-state index in [2.05, 4.69) is 19.9 Å². The van der Waals surface area contributed by atoms with Crippen LogP contribution in [-0.2, 0) is 11.3 Å². The largest absolute Gasteiger partial charge is 0.480 e. The smallest absolute Gasteiger partial charge is 0.412 e. The van der Waals surface area contributed by atoms with Crippen molar-refractivity contribution in [2.45, 2.75) is 37.5 Å². The number of benzene rings is 1. The fraction of sp³-hybridized carbons (Fsp3) is 0.370. The van der Waals surface area contributed by atoms with Crippen LogP contribution < -0.4 is 14.4 Å². The van der Waals surface area contributed by atoms with Crippen LogP contribution in [0.25, 0.3) is 11.3 Å². The first-order valence-corrected chi connectivity index (χ1v) is 12.5. The van der Waals surface area contributed by atoms with Gasteiger partial charge in [0, 0.05) is 18.5 Å². The summed E-state index contributed by atoms with van der Waals surface area (Å²) in [6.45, 7) is -0.0995. The molecule has 1 amide bonds. The van der Waals surface area contributed by atoms with E-state index in [-0.39, 0.29) is 31.4 Å². The van der Waals surface area contributed by atoms with Crippen LogP contribution in [0.1, 0.15) is 35.6 Å². The van der Waals surface area contributed by atoms with Crippen molar-refractivity contribution in [1.29, 1.82) is 0 Å². The van der Waals surface area contributed by atoms with Gasteiger partial charge in [-0.1, -0.05) is 24.3 Å². The van der Waals surface area contributed by atoms with Crippen LogP contribution in [-0.4, -0.2) is 71.1 Å². The Hall–Kier alpha value is -4.22. The molecule has 0 N–H and O–H groups in total. The SMILES string of the molecule is COc1ncnc(C2CC2)c1-c1cc2c(cn1)OCC(=O)N2Cc1ccc(C2=NC(C(F)(F)F)CN2C)cc1. The summed E-state index contributed by atoms with van der Waals surface area (Å²) >= 11 is 0. The van der Waals surface area contributed by atoms with E-state index in [1.54, 1.807) is 55.6 Å². The van der Waals surface area contributed by atoms with Gasteiger partial charge in [0.15, 0.2) is 18.4 Å². The standard InChI is InChI=1S/C27H25F3N6O3/c1-35-12-21(27(28,29)30)34-25(35)17-5-3-15(4-6-17)11-36-19-9-18(31-10-20(19)39-13-22(36)37)23-24(16-7-8-16)32-14-33-26(23)38-2/h3-6,9-10,14,16,21H,7-8,11-13H2,1-2H3. The summed E-state index contributed by atoms with van der Waals surface area (Å²) < 4.78 is 50.6. The molecule has 1 aliphatic carbocycles. The molecule has 1 aromatic carbocycles. The molecule has 1 atom stereocenters. The van der Waals surface area contributed by atoms with Gasteiger partial charge in [0.2, 0.25) is 5.88 Å². The summed E-state index contributed by atoms with van der Waals surface area (Å²) in [5.74, 6) is 1.27. The van der Waals surface area contributed by atoms with Gasteiger partial charge in [0.05, 0.1) is 49.0 Å². The molecule has 1 unspecified atom stereocenters. The average Bonchev–Trinajstić information content (AvgIpc) is 3.70. The normalized spacial score (nSPS) is 19.1. The van der Waals surface area contributed by atoms with Crippen molar-refractivity contribution in [1.82, 2.24) is 19.9 Å². The van der Waals surface area contributed by atoms with Crippen LogP contribution in [0.2, 0.25) is 0 Å². The van der Waals surface area contributed by atoms with Gasteiger partial charge >= 0.3 is 6.18 Å². The molecule has 6 rings (SSSR count). The van der Waals surface area contributed by atoms with Crippen molar-refractivity contribution >= 4 is 17.4 Å². The van der Waals surface area contributed by atoms with Gasteiger partial charge in [-0.05, 0) is 24.5 Å². The Kier molecular flexibility index (Phi) is 6.12. The van der Waals surface area contributed by atoms with Crippen molar-refractivity contribution < 1.29 is 27.4 Å². The van der Waals surface area contributed by atoms with E-state index in [1.165, 1.54) is 11.2 Å². The summed E-state index contributed by atoms with van der Waals surface area (Å²) in [4.78, 5) is 33.3. The molecule has 39 heavy (non-hydrogen) atoms. The third-order valence-electron chi connectivity index (χ3n) is 7.06. The van der Waals surface area contributed by atoms with Crippen LogP contribution >= 0.6 is 0 Å². The Balaban J connectivity index is 1.30. The third-order valence-corrected chi connectivity index (χ3v) is 7.06. The molecule has 0 saturated heterocycles. The molecule has 2 aromatic heterocycles. The first kappa shape index (κ1) is 25.1. The summed E-state index contributed by atoms with van der Waals surface area (Å²) in [5.41, 5.74) is 4.08. The van der Waals surface area contributed by atoms with Crippen molar-refractivity contribution in [3.63, 3.8) is 0 Å². The van der Waals surface area contributed by atoms with Gasteiger partial charge in [-0.25, -0.2) is 9.97 Å². The Morgan fingerprint density at radius 2 is 1.90 bits per heavy atom. The summed E-state index contributed by atoms with van der Waals surface area (Å²) in [6.07, 6.45) is 0.738. The van der Waals surface area contributed by atoms with E-state index >= 15 is 0 Å². The number of methoxy groups -OCH3 is 1. The average molecular weight is 539 g/mol. The first-order chi connectivity index (χ1) is 18.7. The number of nitrogens with zero attached hydrogens (tertiary/aromatic N) is 6. The maximum Gasteiger partial charge on any atom is 0.412 e. The van der Waals surface area contributed by atoms with Crippen molar-refractivity contribution in [2.24, 2.45) is 4.99 Å². The minimum absolute atomic E-state index is 0.127. The number of rotatable bonds is 6. The lowest BCUT2D eigenvalue weighted by Crippen LogP contribution is -2.38. The van der Waals surface area contributed by atoms with Crippen LogP contribution in [0.4, 0.5) is 18.9 Å². The summed E-state index contributed by atoms with van der Waals surface area (Å²) in [5, 5.41) is 0. The van der Waals surface area contributed by atoms with E-state index in [9.17, 15) is 18.0 Å². The van der Waals surface area contributed by atoms with Gasteiger partial charge in [-0.2, -0.15) is 13.2 Å². The molecule has 4 heterocycles. The molecule has 1 saturated carbocycles. The van der Waals surface area contributed by atoms with Crippen molar-refractivity contribution in [2.75, 3.05) is 32.2 Å². The zero-order valence-electron chi connectivity index (χ0n) is 21.3. The number of fused-ring (bicyclic) bond motifs is 1.